The summed E-state index contributed by atoms with van der Waals surface area (Å²) >= 11 is 0. The van der Waals surface area contributed by atoms with Crippen LogP contribution >= 0.6 is 0 Å². The summed E-state index contributed by atoms with van der Waals surface area (Å²) in [5.74, 6) is 3.66. The molecule has 0 saturated carbocycles. The predicted octanol–water partition coefficient (Wildman–Crippen LogP) is 16.0. The zero-order valence-corrected chi connectivity index (χ0v) is 37.8. The first-order valence-corrected chi connectivity index (χ1v) is 23.4. The molecule has 11 aromatic carbocycles. The quantitative estimate of drug-likeness (QED) is 0.141. The predicted molar refractivity (Wildman–Crippen MR) is 287 cm³/mol. The summed E-state index contributed by atoms with van der Waals surface area (Å²) in [6.07, 6.45) is 0. The van der Waals surface area contributed by atoms with Crippen LogP contribution in [0, 0.1) is 0 Å². The fourth-order valence-corrected chi connectivity index (χ4v) is 9.69. The lowest BCUT2D eigenvalue weighted by Crippen LogP contribution is -2.01. The van der Waals surface area contributed by atoms with Crippen molar-refractivity contribution in [3.63, 3.8) is 0 Å². The summed E-state index contributed by atoms with van der Waals surface area (Å²) in [5, 5.41) is 9.04. The van der Waals surface area contributed by atoms with Crippen LogP contribution < -0.4 is 0 Å². The van der Waals surface area contributed by atoms with Crippen LogP contribution in [-0.2, 0) is 0 Å². The summed E-state index contributed by atoms with van der Waals surface area (Å²) < 4.78 is 0. The summed E-state index contributed by atoms with van der Waals surface area (Å²) in [7, 11) is 0. The van der Waals surface area contributed by atoms with Gasteiger partial charge >= 0.3 is 0 Å². The second-order valence-corrected chi connectivity index (χ2v) is 17.5. The minimum absolute atomic E-state index is 0.597. The zero-order valence-electron chi connectivity index (χ0n) is 37.8. The Morgan fingerprint density at radius 3 is 0.771 bits per heavy atom. The third-order valence-corrected chi connectivity index (χ3v) is 13.1. The van der Waals surface area contributed by atoms with Gasteiger partial charge in [-0.3, -0.25) is 0 Å². The summed E-state index contributed by atoms with van der Waals surface area (Å²) in [6, 6.07) is 84.6. The van der Waals surface area contributed by atoms with Crippen molar-refractivity contribution >= 4 is 43.1 Å². The molecule has 326 valence electrons. The van der Waals surface area contributed by atoms with Crippen LogP contribution in [0.5, 0.6) is 0 Å². The minimum atomic E-state index is 0.597. The SMILES string of the molecule is c1ccc(-c2nc(-c3ccccc3)nc(-c3ccc4c(-c5ccc6ccccc6c5)c5cc(-c6nc(-c7ccccc7)nc(-c7ccccc7)n6)ccc5c(-c5ccc6ccccc6c5)c4c3)n2)cc1. The molecular weight excluding hydrogens is 853 g/mol. The first-order chi connectivity index (χ1) is 34.7. The zero-order chi connectivity index (χ0) is 46.4. The fraction of sp³-hybridized carbons (Fsp3) is 0. The second-order valence-electron chi connectivity index (χ2n) is 17.5. The Hall–Kier alpha value is -9.52. The molecule has 0 aliphatic heterocycles. The molecule has 13 aromatic rings. The highest BCUT2D eigenvalue weighted by Crippen LogP contribution is 2.47. The highest BCUT2D eigenvalue weighted by atomic mass is 15.0. The highest BCUT2D eigenvalue weighted by molar-refractivity contribution is 6.23. The van der Waals surface area contributed by atoms with Crippen molar-refractivity contribution < 1.29 is 0 Å². The number of hydrogen-bond donors (Lipinski definition) is 0. The molecule has 0 radical (unpaired) electrons. The number of nitrogens with zero attached hydrogens (tertiary/aromatic N) is 6. The molecule has 70 heavy (non-hydrogen) atoms. The van der Waals surface area contributed by atoms with Crippen molar-refractivity contribution in [3.05, 3.63) is 243 Å². The van der Waals surface area contributed by atoms with Gasteiger partial charge in [-0.15, -0.1) is 0 Å². The molecule has 0 aliphatic carbocycles. The maximum atomic E-state index is 5.19. The largest absolute Gasteiger partial charge is 0.208 e. The molecule has 13 rings (SSSR count). The van der Waals surface area contributed by atoms with Gasteiger partial charge < -0.3 is 0 Å². The van der Waals surface area contributed by atoms with E-state index in [0.29, 0.717) is 34.9 Å². The van der Waals surface area contributed by atoms with Crippen molar-refractivity contribution in [2.24, 2.45) is 0 Å². The molecule has 0 aliphatic rings. The molecule has 0 unspecified atom stereocenters. The van der Waals surface area contributed by atoms with Crippen LogP contribution in [-0.4, -0.2) is 29.9 Å². The lowest BCUT2D eigenvalue weighted by Gasteiger charge is -2.20. The number of hydrogen-bond acceptors (Lipinski definition) is 6. The fourth-order valence-electron chi connectivity index (χ4n) is 9.69. The van der Waals surface area contributed by atoms with Crippen LogP contribution in [0.4, 0.5) is 0 Å². The summed E-state index contributed by atoms with van der Waals surface area (Å²) in [6.45, 7) is 0. The number of fused-ring (bicyclic) bond motifs is 4. The standard InChI is InChI=1S/C64H40N6/c1-5-19-43(20-6-1)59-65-60(44-21-7-2-8-22-44)68-63(67-59)51-33-35-53-55(39-51)57(49-31-29-41-17-13-15-27-47(41)37-49)54-36-34-52(40-56(54)58(53)50-32-30-42-18-14-16-28-48(42)38-50)64-69-61(45-23-9-3-10-24-45)66-62(70-64)46-25-11-4-12-26-46/h1-40H. The molecule has 0 fully saturated rings. The molecule has 0 atom stereocenters. The maximum Gasteiger partial charge on any atom is 0.164 e. The first-order valence-electron chi connectivity index (χ1n) is 23.4. The maximum absolute atomic E-state index is 5.19. The number of rotatable bonds is 8. The van der Waals surface area contributed by atoms with Gasteiger partial charge in [-0.05, 0) is 89.6 Å². The first kappa shape index (κ1) is 40.7. The van der Waals surface area contributed by atoms with E-state index in [1.165, 1.54) is 10.8 Å². The number of aromatic nitrogens is 6. The van der Waals surface area contributed by atoms with E-state index in [4.69, 9.17) is 29.9 Å². The topological polar surface area (TPSA) is 77.3 Å². The van der Waals surface area contributed by atoms with Crippen LogP contribution in [0.1, 0.15) is 0 Å². The molecule has 6 nitrogen and oxygen atoms in total. The van der Waals surface area contributed by atoms with E-state index in [2.05, 4.69) is 121 Å². The van der Waals surface area contributed by atoms with E-state index >= 15 is 0 Å². The van der Waals surface area contributed by atoms with Crippen molar-refractivity contribution in [1.29, 1.82) is 0 Å². The third-order valence-electron chi connectivity index (χ3n) is 13.1. The van der Waals surface area contributed by atoms with Gasteiger partial charge in [-0.2, -0.15) is 0 Å². The molecule has 0 saturated heterocycles. The molecule has 6 heteroatoms. The average Bonchev–Trinajstić information content (AvgIpc) is 3.44. The Morgan fingerprint density at radius 1 is 0.171 bits per heavy atom. The summed E-state index contributed by atoms with van der Waals surface area (Å²) in [4.78, 5) is 30.8. The van der Waals surface area contributed by atoms with Crippen LogP contribution in [0.3, 0.4) is 0 Å². The van der Waals surface area contributed by atoms with Crippen LogP contribution in [0.2, 0.25) is 0 Å². The van der Waals surface area contributed by atoms with E-state index in [-0.39, 0.29) is 0 Å². The molecule has 2 heterocycles. The molecule has 0 amide bonds. The van der Waals surface area contributed by atoms with Crippen molar-refractivity contribution in [3.8, 4) is 90.6 Å². The van der Waals surface area contributed by atoms with Gasteiger partial charge in [-0.25, -0.2) is 29.9 Å². The lowest BCUT2D eigenvalue weighted by molar-refractivity contribution is 1.07. The van der Waals surface area contributed by atoms with E-state index in [1.807, 2.05) is 121 Å². The van der Waals surface area contributed by atoms with E-state index in [0.717, 1.165) is 88.0 Å². The van der Waals surface area contributed by atoms with Gasteiger partial charge in [0, 0.05) is 33.4 Å². The minimum Gasteiger partial charge on any atom is -0.208 e. The average molecular weight is 893 g/mol. The smallest absolute Gasteiger partial charge is 0.164 e. The molecule has 2 aromatic heterocycles. The Morgan fingerprint density at radius 2 is 0.443 bits per heavy atom. The van der Waals surface area contributed by atoms with E-state index in [9.17, 15) is 0 Å². The van der Waals surface area contributed by atoms with Gasteiger partial charge in [0.05, 0.1) is 0 Å². The van der Waals surface area contributed by atoms with E-state index in [1.54, 1.807) is 0 Å². The van der Waals surface area contributed by atoms with Crippen LogP contribution in [0.15, 0.2) is 243 Å². The van der Waals surface area contributed by atoms with Crippen molar-refractivity contribution in [2.45, 2.75) is 0 Å². The van der Waals surface area contributed by atoms with E-state index < -0.39 is 0 Å². The molecule has 0 spiro atoms. The summed E-state index contributed by atoms with van der Waals surface area (Å²) in [5.41, 5.74) is 9.90. The Balaban J connectivity index is 1.11. The Bertz CT molecular complexity index is 3720. The Labute approximate surface area is 404 Å². The number of benzene rings is 11. The van der Waals surface area contributed by atoms with Gasteiger partial charge in [0.25, 0.3) is 0 Å². The van der Waals surface area contributed by atoms with Crippen molar-refractivity contribution in [1.82, 2.24) is 29.9 Å². The Kier molecular flexibility index (Phi) is 10.1. The van der Waals surface area contributed by atoms with Gasteiger partial charge in [0.2, 0.25) is 0 Å². The molecule has 0 bridgehead atoms. The van der Waals surface area contributed by atoms with Gasteiger partial charge in [0.15, 0.2) is 34.9 Å². The lowest BCUT2D eigenvalue weighted by atomic mass is 9.84. The molecule has 0 N–H and O–H groups in total. The second kappa shape index (κ2) is 17.3. The monoisotopic (exact) mass is 892 g/mol. The van der Waals surface area contributed by atoms with Crippen LogP contribution in [0.25, 0.3) is 134 Å². The normalized spacial score (nSPS) is 11.4. The van der Waals surface area contributed by atoms with Crippen molar-refractivity contribution in [2.75, 3.05) is 0 Å². The van der Waals surface area contributed by atoms with Gasteiger partial charge in [0.1, 0.15) is 0 Å². The highest BCUT2D eigenvalue weighted by Gasteiger charge is 2.22. The molecular formula is C64H40N6. The third kappa shape index (κ3) is 7.50. The van der Waals surface area contributed by atoms with Gasteiger partial charge in [-0.1, -0.05) is 218 Å².